The molecule has 1 fully saturated rings. The molecular weight excluding hydrogens is 520 g/mol. The van der Waals surface area contributed by atoms with Crippen molar-refractivity contribution in [1.29, 1.82) is 0 Å². The number of aromatic nitrogens is 2. The Bertz CT molecular complexity index is 1270. The standard InChI is InChI=1S/C24H29BrN4O2S2/c1-3-16(2)22-26-23(21-19-6-4-5-7-20(19)32-24(21)27-22)28-12-14-29(15-13-28)33(30,31)18-10-8-17(25)9-11-18/h8-11,16H,3-7,12-15H2,1-2H3. The second-order valence-electron chi connectivity index (χ2n) is 8.95. The first-order valence-electron chi connectivity index (χ1n) is 11.7. The molecule has 6 nitrogen and oxygen atoms in total. The van der Waals surface area contributed by atoms with Crippen molar-refractivity contribution in [1.82, 2.24) is 14.3 Å². The molecule has 5 rings (SSSR count). The lowest BCUT2D eigenvalue weighted by Crippen LogP contribution is -2.49. The summed E-state index contributed by atoms with van der Waals surface area (Å²) in [7, 11) is -3.50. The SMILES string of the molecule is CCC(C)c1nc(N2CCN(S(=O)(=O)c3ccc(Br)cc3)CC2)c2c3c(sc2n1)CCCC3. The fourth-order valence-electron chi connectivity index (χ4n) is 4.68. The lowest BCUT2D eigenvalue weighted by Gasteiger charge is -2.35. The van der Waals surface area contributed by atoms with Crippen molar-refractivity contribution in [2.75, 3.05) is 31.1 Å². The van der Waals surface area contributed by atoms with E-state index in [2.05, 4.69) is 34.7 Å². The molecule has 0 amide bonds. The molecule has 3 heterocycles. The van der Waals surface area contributed by atoms with Crippen LogP contribution in [-0.4, -0.2) is 48.9 Å². The molecule has 33 heavy (non-hydrogen) atoms. The van der Waals surface area contributed by atoms with Gasteiger partial charge in [0.2, 0.25) is 10.0 Å². The maximum Gasteiger partial charge on any atom is 0.243 e. The van der Waals surface area contributed by atoms with Gasteiger partial charge in [0.25, 0.3) is 0 Å². The molecule has 1 atom stereocenters. The van der Waals surface area contributed by atoms with Crippen LogP contribution in [0.25, 0.3) is 10.2 Å². The molecule has 1 saturated heterocycles. The molecule has 0 spiro atoms. The van der Waals surface area contributed by atoms with Crippen LogP contribution in [0.1, 0.15) is 55.3 Å². The van der Waals surface area contributed by atoms with Gasteiger partial charge in [-0.2, -0.15) is 4.31 Å². The third-order valence-corrected chi connectivity index (χ3v) is 10.5. The zero-order chi connectivity index (χ0) is 23.2. The number of hydrogen-bond donors (Lipinski definition) is 0. The van der Waals surface area contributed by atoms with Gasteiger partial charge >= 0.3 is 0 Å². The zero-order valence-corrected chi connectivity index (χ0v) is 22.3. The smallest absolute Gasteiger partial charge is 0.243 e. The third kappa shape index (κ3) is 4.33. The van der Waals surface area contributed by atoms with Crippen molar-refractivity contribution < 1.29 is 8.42 Å². The predicted molar refractivity (Wildman–Crippen MR) is 138 cm³/mol. The third-order valence-electron chi connectivity index (χ3n) is 6.86. The van der Waals surface area contributed by atoms with Crippen molar-refractivity contribution >= 4 is 53.3 Å². The van der Waals surface area contributed by atoms with Crippen LogP contribution in [0.2, 0.25) is 0 Å². The number of halogens is 1. The maximum absolute atomic E-state index is 13.2. The van der Waals surface area contributed by atoms with Crippen molar-refractivity contribution in [3.63, 3.8) is 0 Å². The van der Waals surface area contributed by atoms with E-state index in [1.807, 2.05) is 11.3 Å². The fourth-order valence-corrected chi connectivity index (χ4v) is 7.63. The van der Waals surface area contributed by atoms with Crippen LogP contribution in [-0.2, 0) is 22.9 Å². The summed E-state index contributed by atoms with van der Waals surface area (Å²) in [6, 6.07) is 6.87. The minimum Gasteiger partial charge on any atom is -0.353 e. The molecular formula is C24H29BrN4O2S2. The van der Waals surface area contributed by atoms with Gasteiger partial charge < -0.3 is 4.90 Å². The Kier molecular flexibility index (Phi) is 6.50. The van der Waals surface area contributed by atoms with Gasteiger partial charge in [0, 0.05) is 41.4 Å². The highest BCUT2D eigenvalue weighted by Gasteiger charge is 2.31. The van der Waals surface area contributed by atoms with Crippen LogP contribution < -0.4 is 4.90 Å². The highest BCUT2D eigenvalue weighted by Crippen LogP contribution is 2.41. The number of thiophene rings is 1. The topological polar surface area (TPSA) is 66.4 Å². The van der Waals surface area contributed by atoms with E-state index in [-0.39, 0.29) is 0 Å². The van der Waals surface area contributed by atoms with E-state index >= 15 is 0 Å². The van der Waals surface area contributed by atoms with Gasteiger partial charge in [-0.1, -0.05) is 29.8 Å². The van der Waals surface area contributed by atoms with Crippen LogP contribution >= 0.6 is 27.3 Å². The number of sulfonamides is 1. The Balaban J connectivity index is 1.46. The summed E-state index contributed by atoms with van der Waals surface area (Å²) in [5, 5.41) is 1.21. The Morgan fingerprint density at radius 2 is 1.76 bits per heavy atom. The van der Waals surface area contributed by atoms with E-state index in [1.165, 1.54) is 28.7 Å². The zero-order valence-electron chi connectivity index (χ0n) is 19.1. The first kappa shape index (κ1) is 23.2. The minimum absolute atomic E-state index is 0.298. The maximum atomic E-state index is 13.2. The summed E-state index contributed by atoms with van der Waals surface area (Å²) >= 11 is 5.21. The summed E-state index contributed by atoms with van der Waals surface area (Å²) < 4.78 is 28.8. The summed E-state index contributed by atoms with van der Waals surface area (Å²) in [5.74, 6) is 2.21. The lowest BCUT2D eigenvalue weighted by atomic mass is 9.96. The van der Waals surface area contributed by atoms with E-state index in [1.54, 1.807) is 28.6 Å². The average Bonchev–Trinajstić information content (AvgIpc) is 3.22. The van der Waals surface area contributed by atoms with E-state index < -0.39 is 10.0 Å². The molecule has 0 radical (unpaired) electrons. The first-order chi connectivity index (χ1) is 15.9. The average molecular weight is 550 g/mol. The molecule has 1 aliphatic carbocycles. The Hall–Kier alpha value is -1.55. The molecule has 1 unspecified atom stereocenters. The predicted octanol–water partition coefficient (Wildman–Crippen LogP) is 5.36. The number of benzene rings is 1. The van der Waals surface area contributed by atoms with E-state index in [4.69, 9.17) is 9.97 Å². The normalized spacial score (nSPS) is 18.5. The quantitative estimate of drug-likeness (QED) is 0.429. The summed E-state index contributed by atoms with van der Waals surface area (Å²) in [6.45, 7) is 6.52. The molecule has 0 bridgehead atoms. The molecule has 1 aromatic carbocycles. The number of hydrogen-bond acceptors (Lipinski definition) is 6. The second kappa shape index (κ2) is 9.24. The number of nitrogens with zero attached hydrogens (tertiary/aromatic N) is 4. The number of fused-ring (bicyclic) bond motifs is 3. The van der Waals surface area contributed by atoms with Crippen LogP contribution in [0.15, 0.2) is 33.6 Å². The van der Waals surface area contributed by atoms with E-state index in [0.29, 0.717) is 37.0 Å². The number of piperazine rings is 1. The Morgan fingerprint density at radius 3 is 2.45 bits per heavy atom. The van der Waals surface area contributed by atoms with Gasteiger partial charge in [-0.15, -0.1) is 11.3 Å². The molecule has 2 aliphatic rings. The first-order valence-corrected chi connectivity index (χ1v) is 14.8. The summed E-state index contributed by atoms with van der Waals surface area (Å²) in [6.07, 6.45) is 5.67. The molecule has 0 saturated carbocycles. The summed E-state index contributed by atoms with van der Waals surface area (Å²) in [5.41, 5.74) is 1.43. The fraction of sp³-hybridized carbons (Fsp3) is 0.500. The molecule has 176 valence electrons. The van der Waals surface area contributed by atoms with Gasteiger partial charge in [-0.3, -0.25) is 0 Å². The van der Waals surface area contributed by atoms with Crippen LogP contribution in [0.3, 0.4) is 0 Å². The highest BCUT2D eigenvalue weighted by molar-refractivity contribution is 9.10. The lowest BCUT2D eigenvalue weighted by molar-refractivity contribution is 0.384. The molecule has 3 aromatic rings. The van der Waals surface area contributed by atoms with Gasteiger partial charge in [0.15, 0.2) is 0 Å². The highest BCUT2D eigenvalue weighted by atomic mass is 79.9. The molecule has 0 N–H and O–H groups in total. The van der Waals surface area contributed by atoms with E-state index in [9.17, 15) is 8.42 Å². The van der Waals surface area contributed by atoms with Gasteiger partial charge in [-0.05, 0) is 61.9 Å². The minimum atomic E-state index is -3.50. The Labute approximate surface area is 208 Å². The van der Waals surface area contributed by atoms with Crippen LogP contribution in [0.5, 0.6) is 0 Å². The van der Waals surface area contributed by atoms with Crippen molar-refractivity contribution in [2.24, 2.45) is 0 Å². The number of anilines is 1. The largest absolute Gasteiger partial charge is 0.353 e. The van der Waals surface area contributed by atoms with Crippen LogP contribution in [0, 0.1) is 0 Å². The summed E-state index contributed by atoms with van der Waals surface area (Å²) in [4.78, 5) is 15.2. The van der Waals surface area contributed by atoms with Crippen LogP contribution in [0.4, 0.5) is 5.82 Å². The van der Waals surface area contributed by atoms with Crippen molar-refractivity contribution in [3.8, 4) is 0 Å². The van der Waals surface area contributed by atoms with Crippen molar-refractivity contribution in [2.45, 2.75) is 56.8 Å². The van der Waals surface area contributed by atoms with E-state index in [0.717, 1.165) is 40.2 Å². The Morgan fingerprint density at radius 1 is 1.06 bits per heavy atom. The van der Waals surface area contributed by atoms with Gasteiger partial charge in [0.05, 0.1) is 10.3 Å². The molecule has 1 aliphatic heterocycles. The monoisotopic (exact) mass is 548 g/mol. The number of rotatable bonds is 5. The molecule has 2 aromatic heterocycles. The van der Waals surface area contributed by atoms with Gasteiger partial charge in [-0.25, -0.2) is 18.4 Å². The van der Waals surface area contributed by atoms with Crippen molar-refractivity contribution in [3.05, 3.63) is 45.0 Å². The van der Waals surface area contributed by atoms with Gasteiger partial charge in [0.1, 0.15) is 16.5 Å². The molecule has 9 heteroatoms. The second-order valence-corrected chi connectivity index (χ2v) is 12.9. The number of aryl methyl sites for hydroxylation is 2.